The van der Waals surface area contributed by atoms with Gasteiger partial charge in [-0.2, -0.15) is 0 Å². The van der Waals surface area contributed by atoms with Crippen molar-refractivity contribution in [1.29, 1.82) is 0 Å². The number of furan rings is 1. The van der Waals surface area contributed by atoms with Crippen LogP contribution in [-0.2, 0) is 6.42 Å². The van der Waals surface area contributed by atoms with Gasteiger partial charge >= 0.3 is 0 Å². The molecule has 3 saturated heterocycles. The minimum Gasteiger partial charge on any atom is -0.459 e. The smallest absolute Gasteiger partial charge is 0.287 e. The Hall–Kier alpha value is -2.18. The van der Waals surface area contributed by atoms with Crippen molar-refractivity contribution in [3.63, 3.8) is 0 Å². The van der Waals surface area contributed by atoms with Gasteiger partial charge in [0.25, 0.3) is 5.91 Å². The molecule has 5 heterocycles. The van der Waals surface area contributed by atoms with Crippen molar-refractivity contribution in [2.75, 3.05) is 39.8 Å². The molecule has 5 rings (SSSR count). The quantitative estimate of drug-likeness (QED) is 0.759. The number of fused-ring (bicyclic) bond motifs is 3. The summed E-state index contributed by atoms with van der Waals surface area (Å²) in [6.45, 7) is 5.18. The molecule has 0 spiro atoms. The van der Waals surface area contributed by atoms with Crippen molar-refractivity contribution in [3.05, 3.63) is 54.2 Å². The largest absolute Gasteiger partial charge is 0.459 e. The lowest BCUT2D eigenvalue weighted by Crippen LogP contribution is -2.58. The molecule has 2 aromatic rings. The lowest BCUT2D eigenvalue weighted by molar-refractivity contribution is -0.00878. The molecule has 4 unspecified atom stereocenters. The number of likely N-dealkylation sites (N-methyl/N-ethyl adjacent to an activating group) is 1. The third-order valence-corrected chi connectivity index (χ3v) is 6.28. The number of hydrogen-bond donors (Lipinski definition) is 1. The maximum absolute atomic E-state index is 12.1. The fourth-order valence-corrected chi connectivity index (χ4v) is 4.72. The Bertz CT molecular complexity index is 749. The van der Waals surface area contributed by atoms with Crippen LogP contribution in [0.5, 0.6) is 0 Å². The summed E-state index contributed by atoms with van der Waals surface area (Å²) >= 11 is 0. The molecule has 0 radical (unpaired) electrons. The van der Waals surface area contributed by atoms with Crippen molar-refractivity contribution < 1.29 is 9.21 Å². The van der Waals surface area contributed by atoms with E-state index in [2.05, 4.69) is 39.3 Å². The number of aromatic nitrogens is 1. The summed E-state index contributed by atoms with van der Waals surface area (Å²) < 4.78 is 5.18. The van der Waals surface area contributed by atoms with Gasteiger partial charge < -0.3 is 14.6 Å². The predicted octanol–water partition coefficient (Wildman–Crippen LogP) is 2.29. The Morgan fingerprint density at radius 1 is 1.36 bits per heavy atom. The number of nitrogens with zero attached hydrogens (tertiary/aromatic N) is 3. The van der Waals surface area contributed by atoms with Crippen LogP contribution in [0.25, 0.3) is 0 Å². The number of amides is 1. The normalized spacial score (nSPS) is 26.5. The van der Waals surface area contributed by atoms with Gasteiger partial charge in [0, 0.05) is 50.5 Å². The van der Waals surface area contributed by atoms with Crippen molar-refractivity contribution in [3.8, 4) is 0 Å². The average molecular weight is 383 g/mol. The molecule has 1 N–H and O–H groups in total. The molecule has 2 aromatic heterocycles. The average Bonchev–Trinajstić information content (AvgIpc) is 3.27. The van der Waals surface area contributed by atoms with E-state index in [1.54, 1.807) is 12.1 Å². The number of rotatable bonds is 8. The fourth-order valence-electron chi connectivity index (χ4n) is 4.72. The van der Waals surface area contributed by atoms with Crippen molar-refractivity contribution in [1.82, 2.24) is 20.1 Å². The van der Waals surface area contributed by atoms with E-state index in [1.807, 2.05) is 12.3 Å². The second kappa shape index (κ2) is 8.88. The third-order valence-electron chi connectivity index (χ3n) is 6.28. The molecule has 0 saturated carbocycles. The first-order valence-corrected chi connectivity index (χ1v) is 10.3. The number of nitrogens with one attached hydrogen (secondary N) is 1. The number of pyridine rings is 1. The Morgan fingerprint density at radius 2 is 2.29 bits per heavy atom. The van der Waals surface area contributed by atoms with E-state index in [1.165, 1.54) is 19.1 Å². The zero-order valence-electron chi connectivity index (χ0n) is 16.6. The Kier molecular flexibility index (Phi) is 6.07. The van der Waals surface area contributed by atoms with E-state index in [9.17, 15) is 4.79 Å². The van der Waals surface area contributed by atoms with Crippen LogP contribution in [0, 0.1) is 11.8 Å². The Morgan fingerprint density at radius 3 is 3.00 bits per heavy atom. The van der Waals surface area contributed by atoms with E-state index >= 15 is 0 Å². The molecule has 2 bridgehead atoms. The predicted molar refractivity (Wildman–Crippen MR) is 108 cm³/mol. The first kappa shape index (κ1) is 19.2. The molecule has 3 aliphatic heterocycles. The number of carbonyl (C=O) groups is 1. The summed E-state index contributed by atoms with van der Waals surface area (Å²) in [4.78, 5) is 21.6. The van der Waals surface area contributed by atoms with Crippen molar-refractivity contribution in [2.45, 2.75) is 25.3 Å². The lowest BCUT2D eigenvalue weighted by Gasteiger charge is -2.50. The fraction of sp³-hybridized carbons (Fsp3) is 0.545. The standard InChI is InChI=1S/C22H30N4O2/c1-25(10-8-19-5-2-3-9-23-19)15-18-16-26-11-7-17(18)13-20(26)14-24-22(27)21-6-4-12-28-21/h2-6,9,12,17-18,20H,7-8,10-11,13-16H2,1H3,(H,24,27). The minimum absolute atomic E-state index is 0.113. The summed E-state index contributed by atoms with van der Waals surface area (Å²) in [5, 5.41) is 3.04. The Balaban J connectivity index is 1.22. The molecule has 6 nitrogen and oxygen atoms in total. The second-order valence-electron chi connectivity index (χ2n) is 8.21. The zero-order chi connectivity index (χ0) is 19.3. The third kappa shape index (κ3) is 4.62. The van der Waals surface area contributed by atoms with Crippen molar-refractivity contribution >= 4 is 5.91 Å². The van der Waals surface area contributed by atoms with E-state index in [4.69, 9.17) is 4.42 Å². The molecule has 3 fully saturated rings. The van der Waals surface area contributed by atoms with Gasteiger partial charge in [-0.1, -0.05) is 6.07 Å². The van der Waals surface area contributed by atoms with Gasteiger partial charge in [0.15, 0.2) is 5.76 Å². The summed E-state index contributed by atoms with van der Waals surface area (Å²) in [5.74, 6) is 1.76. The number of piperidine rings is 3. The van der Waals surface area contributed by atoms with Gasteiger partial charge in [0.2, 0.25) is 0 Å². The van der Waals surface area contributed by atoms with Crippen LogP contribution < -0.4 is 5.32 Å². The van der Waals surface area contributed by atoms with Gasteiger partial charge in [-0.3, -0.25) is 14.7 Å². The zero-order valence-corrected chi connectivity index (χ0v) is 16.6. The second-order valence-corrected chi connectivity index (χ2v) is 8.21. The highest BCUT2D eigenvalue weighted by Gasteiger charge is 2.40. The van der Waals surface area contributed by atoms with Gasteiger partial charge in [0.1, 0.15) is 0 Å². The number of carbonyl (C=O) groups excluding carboxylic acids is 1. The van der Waals surface area contributed by atoms with E-state index in [0.717, 1.165) is 50.1 Å². The molecule has 4 atom stereocenters. The van der Waals surface area contributed by atoms with Crippen LogP contribution in [-0.4, -0.2) is 66.5 Å². The van der Waals surface area contributed by atoms with Crippen LogP contribution in [0.2, 0.25) is 0 Å². The molecule has 1 amide bonds. The van der Waals surface area contributed by atoms with E-state index in [-0.39, 0.29) is 5.91 Å². The molecule has 3 aliphatic rings. The van der Waals surface area contributed by atoms with Gasteiger partial charge in [0.05, 0.1) is 6.26 Å². The SMILES string of the molecule is CN(CCc1ccccn1)CC1CN2CCC1CC2CNC(=O)c1ccco1. The van der Waals surface area contributed by atoms with E-state index in [0.29, 0.717) is 18.3 Å². The molecule has 28 heavy (non-hydrogen) atoms. The first-order valence-electron chi connectivity index (χ1n) is 10.3. The van der Waals surface area contributed by atoms with E-state index < -0.39 is 0 Å². The highest BCUT2D eigenvalue weighted by atomic mass is 16.3. The van der Waals surface area contributed by atoms with Crippen LogP contribution in [0.1, 0.15) is 29.1 Å². The van der Waals surface area contributed by atoms with Gasteiger partial charge in [-0.25, -0.2) is 0 Å². The number of hydrogen-bond acceptors (Lipinski definition) is 5. The topological polar surface area (TPSA) is 61.6 Å². The summed E-state index contributed by atoms with van der Waals surface area (Å²) in [7, 11) is 2.22. The van der Waals surface area contributed by atoms with Crippen LogP contribution in [0.15, 0.2) is 47.2 Å². The van der Waals surface area contributed by atoms with Crippen molar-refractivity contribution in [2.24, 2.45) is 11.8 Å². The monoisotopic (exact) mass is 382 g/mol. The highest BCUT2D eigenvalue weighted by Crippen LogP contribution is 2.36. The minimum atomic E-state index is -0.113. The molecule has 150 valence electrons. The maximum Gasteiger partial charge on any atom is 0.287 e. The van der Waals surface area contributed by atoms with Crippen LogP contribution in [0.3, 0.4) is 0 Å². The summed E-state index contributed by atoms with van der Waals surface area (Å²) in [6.07, 6.45) is 6.86. The molecule has 6 heteroatoms. The van der Waals surface area contributed by atoms with Crippen LogP contribution >= 0.6 is 0 Å². The molecule has 0 aliphatic carbocycles. The maximum atomic E-state index is 12.1. The molecular formula is C22H30N4O2. The van der Waals surface area contributed by atoms with Gasteiger partial charge in [-0.05, 0) is 62.5 Å². The summed E-state index contributed by atoms with van der Waals surface area (Å²) in [5.41, 5.74) is 1.16. The summed E-state index contributed by atoms with van der Waals surface area (Å²) in [6, 6.07) is 10.0. The van der Waals surface area contributed by atoms with Crippen LogP contribution in [0.4, 0.5) is 0 Å². The lowest BCUT2D eigenvalue weighted by atomic mass is 9.75. The molecular weight excluding hydrogens is 352 g/mol. The molecule has 0 aromatic carbocycles. The first-order chi connectivity index (χ1) is 13.7. The highest BCUT2D eigenvalue weighted by molar-refractivity contribution is 5.91. The van der Waals surface area contributed by atoms with Gasteiger partial charge in [-0.15, -0.1) is 0 Å². The Labute approximate surface area is 166 Å².